The van der Waals surface area contributed by atoms with Gasteiger partial charge in [0.25, 0.3) is 0 Å². The molecule has 0 aromatic carbocycles. The first-order valence-corrected chi connectivity index (χ1v) is 5.97. The average Bonchev–Trinajstić information content (AvgIpc) is 2.65. The highest BCUT2D eigenvalue weighted by Crippen LogP contribution is 2.53. The van der Waals surface area contributed by atoms with Gasteiger partial charge in [-0.05, 0) is 12.8 Å². The second-order valence-electron chi connectivity index (χ2n) is 3.03. The van der Waals surface area contributed by atoms with E-state index in [1.165, 1.54) is 0 Å². The molecule has 1 saturated carbocycles. The van der Waals surface area contributed by atoms with Crippen LogP contribution in [-0.4, -0.2) is 21.4 Å². The van der Waals surface area contributed by atoms with Crippen LogP contribution < -0.4 is 0 Å². The molecule has 0 aromatic rings. The summed E-state index contributed by atoms with van der Waals surface area (Å²) in [4.78, 5) is 11.7. The predicted molar refractivity (Wildman–Crippen MR) is 51.0 cm³/mol. The third kappa shape index (κ3) is 1.07. The number of hydrogen-bond donors (Lipinski definition) is 0. The lowest BCUT2D eigenvalue weighted by molar-refractivity contribution is -0.119. The van der Waals surface area contributed by atoms with Gasteiger partial charge in [0.1, 0.15) is 10.00 Å². The summed E-state index contributed by atoms with van der Waals surface area (Å²) in [5, 5.41) is 8.69. The number of carbonyl (C=O) groups excluding carboxylic acids is 1. The lowest BCUT2D eigenvalue weighted by atomic mass is 10.1. The molecule has 64 valence electrons. The van der Waals surface area contributed by atoms with Gasteiger partial charge in [-0.25, -0.2) is 0 Å². The van der Waals surface area contributed by atoms with Crippen molar-refractivity contribution in [1.29, 1.82) is 5.26 Å². The third-order valence-corrected chi connectivity index (χ3v) is 5.89. The van der Waals surface area contributed by atoms with Crippen molar-refractivity contribution in [1.82, 2.24) is 0 Å². The van der Waals surface area contributed by atoms with Gasteiger partial charge in [0.15, 0.2) is 5.78 Å². The molecule has 1 heterocycles. The van der Waals surface area contributed by atoms with Gasteiger partial charge in [0, 0.05) is 11.5 Å². The Kier molecular flexibility index (Phi) is 2.09. The Balaban J connectivity index is 2.21. The number of Topliss-reactive ketones (excluding diaryl/α,β-unsaturated/α-hetero) is 1. The van der Waals surface area contributed by atoms with Gasteiger partial charge in [-0.1, -0.05) is 0 Å². The maximum Gasteiger partial charge on any atom is 0.175 e. The molecule has 1 unspecified atom stereocenters. The maximum atomic E-state index is 11.7. The zero-order chi connectivity index (χ0) is 8.60. The number of nitrogens with zero attached hydrogens (tertiary/aromatic N) is 1. The fourth-order valence-corrected chi connectivity index (χ4v) is 4.97. The molecule has 2 aliphatic rings. The second-order valence-corrected chi connectivity index (χ2v) is 6.08. The Morgan fingerprint density at radius 1 is 1.50 bits per heavy atom. The Morgan fingerprint density at radius 2 is 2.17 bits per heavy atom. The molecule has 1 aliphatic heterocycles. The first-order chi connectivity index (χ1) is 5.78. The van der Waals surface area contributed by atoms with Crippen molar-refractivity contribution in [2.45, 2.75) is 16.9 Å². The lowest BCUT2D eigenvalue weighted by Crippen LogP contribution is -2.25. The molecule has 1 aliphatic carbocycles. The van der Waals surface area contributed by atoms with E-state index in [1.54, 1.807) is 23.5 Å². The van der Waals surface area contributed by atoms with E-state index >= 15 is 0 Å². The molecule has 0 aromatic heterocycles. The van der Waals surface area contributed by atoms with Crippen LogP contribution in [0.15, 0.2) is 0 Å². The Morgan fingerprint density at radius 3 is 2.67 bits per heavy atom. The quantitative estimate of drug-likeness (QED) is 0.595. The summed E-state index contributed by atoms with van der Waals surface area (Å²) in [5.74, 6) is 1.99. The van der Waals surface area contributed by atoms with E-state index in [0.29, 0.717) is 0 Å². The number of nitriles is 1. The largest absolute Gasteiger partial charge is 0.296 e. The fourth-order valence-electron chi connectivity index (χ4n) is 1.72. The van der Waals surface area contributed by atoms with Gasteiger partial charge >= 0.3 is 0 Å². The predicted octanol–water partition coefficient (Wildman–Crippen LogP) is 1.67. The Hall–Kier alpha value is -0.140. The smallest absolute Gasteiger partial charge is 0.175 e. The van der Waals surface area contributed by atoms with Crippen LogP contribution in [0.25, 0.3) is 0 Å². The summed E-state index contributed by atoms with van der Waals surface area (Å²) in [5.41, 5.74) is 0. The molecule has 2 fully saturated rings. The Bertz CT molecular complexity index is 252. The van der Waals surface area contributed by atoms with Crippen LogP contribution in [0.4, 0.5) is 0 Å². The van der Waals surface area contributed by atoms with E-state index in [0.717, 1.165) is 24.3 Å². The van der Waals surface area contributed by atoms with E-state index < -0.39 is 0 Å². The van der Waals surface area contributed by atoms with Crippen molar-refractivity contribution in [2.75, 3.05) is 11.5 Å². The topological polar surface area (TPSA) is 40.9 Å². The van der Waals surface area contributed by atoms with Crippen LogP contribution in [0.1, 0.15) is 12.8 Å². The summed E-state index contributed by atoms with van der Waals surface area (Å²) in [7, 11) is 0. The molecular formula is C8H9NOS2. The van der Waals surface area contributed by atoms with Gasteiger partial charge in [-0.15, -0.1) is 23.5 Å². The van der Waals surface area contributed by atoms with Crippen molar-refractivity contribution in [2.24, 2.45) is 5.92 Å². The first-order valence-electron chi connectivity index (χ1n) is 4.00. The number of hydrogen-bond acceptors (Lipinski definition) is 4. The van der Waals surface area contributed by atoms with Crippen LogP contribution in [0, 0.1) is 17.2 Å². The molecule has 0 radical (unpaired) electrons. The van der Waals surface area contributed by atoms with Gasteiger partial charge in [0.2, 0.25) is 0 Å². The van der Waals surface area contributed by atoms with Crippen LogP contribution in [0.3, 0.4) is 0 Å². The standard InChI is InChI=1S/C8H9NOS2/c9-5-6-1-2-8(7(6)10)11-3-4-12-8/h6H,1-4H2. The minimum Gasteiger partial charge on any atom is -0.296 e. The highest BCUT2D eigenvalue weighted by Gasteiger charge is 2.50. The third-order valence-electron chi connectivity index (χ3n) is 2.36. The van der Waals surface area contributed by atoms with E-state index in [4.69, 9.17) is 5.26 Å². The fraction of sp³-hybridized carbons (Fsp3) is 0.750. The zero-order valence-corrected chi connectivity index (χ0v) is 8.21. The highest BCUT2D eigenvalue weighted by atomic mass is 32.2. The van der Waals surface area contributed by atoms with Gasteiger partial charge in [-0.3, -0.25) is 4.79 Å². The summed E-state index contributed by atoms with van der Waals surface area (Å²) in [6.45, 7) is 0. The van der Waals surface area contributed by atoms with Crippen LogP contribution >= 0.6 is 23.5 Å². The normalized spacial score (nSPS) is 32.6. The molecule has 0 bridgehead atoms. The van der Waals surface area contributed by atoms with Crippen LogP contribution in [0.5, 0.6) is 0 Å². The number of carbonyl (C=O) groups is 1. The number of ketones is 1. The van der Waals surface area contributed by atoms with Crippen molar-refractivity contribution in [3.05, 3.63) is 0 Å². The van der Waals surface area contributed by atoms with Crippen molar-refractivity contribution in [3.63, 3.8) is 0 Å². The van der Waals surface area contributed by atoms with E-state index in [9.17, 15) is 4.79 Å². The molecule has 2 rings (SSSR count). The molecule has 0 N–H and O–H groups in total. The number of rotatable bonds is 0. The molecule has 4 heteroatoms. The van der Waals surface area contributed by atoms with Crippen molar-refractivity contribution in [3.8, 4) is 6.07 Å². The van der Waals surface area contributed by atoms with E-state index in [-0.39, 0.29) is 15.8 Å². The highest BCUT2D eigenvalue weighted by molar-refractivity contribution is 8.22. The second kappa shape index (κ2) is 2.97. The number of thioether (sulfide) groups is 2. The molecule has 1 saturated heterocycles. The van der Waals surface area contributed by atoms with Crippen LogP contribution in [-0.2, 0) is 4.79 Å². The van der Waals surface area contributed by atoms with Gasteiger partial charge in [-0.2, -0.15) is 5.26 Å². The average molecular weight is 199 g/mol. The summed E-state index contributed by atoms with van der Waals surface area (Å²) < 4.78 is -0.208. The minimum atomic E-state index is -0.317. The van der Waals surface area contributed by atoms with Crippen LogP contribution in [0.2, 0.25) is 0 Å². The first kappa shape index (κ1) is 8.46. The van der Waals surface area contributed by atoms with Gasteiger partial charge < -0.3 is 0 Å². The minimum absolute atomic E-state index is 0.178. The van der Waals surface area contributed by atoms with Gasteiger partial charge in [0.05, 0.1) is 6.07 Å². The summed E-state index contributed by atoms with van der Waals surface area (Å²) in [6.07, 6.45) is 1.68. The summed E-state index contributed by atoms with van der Waals surface area (Å²) >= 11 is 3.48. The molecule has 1 atom stereocenters. The molecule has 12 heavy (non-hydrogen) atoms. The summed E-state index contributed by atoms with van der Waals surface area (Å²) in [6, 6.07) is 2.09. The molecule has 0 amide bonds. The Labute approximate surface area is 80.1 Å². The SMILES string of the molecule is N#CC1CCC2(SCCS2)C1=O. The van der Waals surface area contributed by atoms with E-state index in [1.807, 2.05) is 0 Å². The monoisotopic (exact) mass is 199 g/mol. The molecule has 2 nitrogen and oxygen atoms in total. The van der Waals surface area contributed by atoms with Crippen molar-refractivity contribution >= 4 is 29.3 Å². The van der Waals surface area contributed by atoms with E-state index in [2.05, 4.69) is 6.07 Å². The van der Waals surface area contributed by atoms with Crippen molar-refractivity contribution < 1.29 is 4.79 Å². The maximum absolute atomic E-state index is 11.7. The molecular weight excluding hydrogens is 190 g/mol. The lowest BCUT2D eigenvalue weighted by Gasteiger charge is -2.17. The zero-order valence-electron chi connectivity index (χ0n) is 6.58. The molecule has 1 spiro atoms.